The van der Waals surface area contributed by atoms with E-state index in [1.165, 1.54) is 70.8 Å². The number of rotatable bonds is 14. The van der Waals surface area contributed by atoms with Crippen LogP contribution in [0.25, 0.3) is 0 Å². The van der Waals surface area contributed by atoms with Crippen molar-refractivity contribution in [2.24, 2.45) is 5.73 Å². The normalized spacial score (nSPS) is 9.88. The molecule has 0 bridgehead atoms. The fraction of sp³-hybridized carbons (Fsp3) is 0.850. The van der Waals surface area contributed by atoms with E-state index in [0.717, 1.165) is 12.8 Å². The van der Waals surface area contributed by atoms with Crippen LogP contribution in [-0.2, 0) is 4.79 Å². The molecule has 0 saturated carbocycles. The summed E-state index contributed by atoms with van der Waals surface area (Å²) in [6, 6.07) is 0. The zero-order valence-electron chi connectivity index (χ0n) is 16.7. The van der Waals surface area contributed by atoms with E-state index in [0.29, 0.717) is 5.57 Å². The molecule has 0 spiro atoms. The number of hydrogen-bond donors (Lipinski definition) is 1. The lowest BCUT2D eigenvalue weighted by Gasteiger charge is -2.08. The molecule has 0 aromatic rings. The zero-order chi connectivity index (χ0) is 17.9. The second-order valence-electron chi connectivity index (χ2n) is 6.70. The highest BCUT2D eigenvalue weighted by atomic mass is 79.9. The quantitative estimate of drug-likeness (QED) is 0.289. The third-order valence-corrected chi connectivity index (χ3v) is 3.86. The Morgan fingerprint density at radius 3 is 1.54 bits per heavy atom. The van der Waals surface area contributed by atoms with E-state index < -0.39 is 0 Å². The minimum atomic E-state index is -0.383. The van der Waals surface area contributed by atoms with Gasteiger partial charge in [0.1, 0.15) is 0 Å². The number of amides is 1. The van der Waals surface area contributed by atoms with Gasteiger partial charge in [0.2, 0.25) is 5.91 Å². The predicted octanol–water partition coefficient (Wildman–Crippen LogP) is 5.87. The summed E-state index contributed by atoms with van der Waals surface area (Å²) in [4.78, 5) is 12.5. The Labute approximate surface area is 162 Å². The van der Waals surface area contributed by atoms with Crippen LogP contribution in [0, 0.1) is 0 Å². The Bertz CT molecular complexity index is 281. The first-order valence-electron chi connectivity index (χ1n) is 9.57. The molecule has 24 heavy (non-hydrogen) atoms. The zero-order valence-corrected chi connectivity index (χ0v) is 18.5. The van der Waals surface area contributed by atoms with Gasteiger partial charge in [-0.05, 0) is 33.5 Å². The predicted molar refractivity (Wildman–Crippen MR) is 114 cm³/mol. The monoisotopic (exact) mass is 406 g/mol. The van der Waals surface area contributed by atoms with Gasteiger partial charge >= 0.3 is 0 Å². The standard InChI is InChI=1S/C14H31N.C6H11NO.BrH/c1-4-5-6-7-8-9-10-11-12-13-14-15(2)3;1-3-4-5(2)6(7)8;/h4-14H2,1-3H3;2-4H2,1H3,(H2,7,8);1H. The maximum absolute atomic E-state index is 10.2. The molecule has 4 heteroatoms. The van der Waals surface area contributed by atoms with Crippen molar-refractivity contribution < 1.29 is 4.79 Å². The molecule has 0 aliphatic carbocycles. The van der Waals surface area contributed by atoms with Crippen LogP contribution in [0.4, 0.5) is 0 Å². The number of nitrogens with zero attached hydrogens (tertiary/aromatic N) is 1. The number of carbonyl (C=O) groups excluding carboxylic acids is 1. The summed E-state index contributed by atoms with van der Waals surface area (Å²) < 4.78 is 0. The van der Waals surface area contributed by atoms with Crippen molar-refractivity contribution in [1.29, 1.82) is 0 Å². The number of primary amides is 1. The van der Waals surface area contributed by atoms with Crippen molar-refractivity contribution in [3.05, 3.63) is 12.2 Å². The van der Waals surface area contributed by atoms with Gasteiger partial charge in [0.05, 0.1) is 0 Å². The van der Waals surface area contributed by atoms with Crippen molar-refractivity contribution in [2.75, 3.05) is 20.6 Å². The molecule has 0 unspecified atom stereocenters. The minimum absolute atomic E-state index is 0. The lowest BCUT2D eigenvalue weighted by molar-refractivity contribution is -0.114. The van der Waals surface area contributed by atoms with Gasteiger partial charge in [0.25, 0.3) is 0 Å². The van der Waals surface area contributed by atoms with Crippen LogP contribution in [0.1, 0.15) is 90.9 Å². The summed E-state index contributed by atoms with van der Waals surface area (Å²) in [5.41, 5.74) is 5.40. The summed E-state index contributed by atoms with van der Waals surface area (Å²) in [5, 5.41) is 0. The van der Waals surface area contributed by atoms with Crippen LogP contribution < -0.4 is 5.73 Å². The Morgan fingerprint density at radius 2 is 1.25 bits per heavy atom. The Morgan fingerprint density at radius 1 is 0.833 bits per heavy atom. The third-order valence-electron chi connectivity index (χ3n) is 3.86. The molecule has 0 radical (unpaired) electrons. The maximum atomic E-state index is 10.2. The van der Waals surface area contributed by atoms with E-state index in [-0.39, 0.29) is 22.9 Å². The van der Waals surface area contributed by atoms with E-state index in [9.17, 15) is 4.79 Å². The van der Waals surface area contributed by atoms with Gasteiger partial charge in [0.15, 0.2) is 0 Å². The van der Waals surface area contributed by atoms with Gasteiger partial charge in [-0.15, -0.1) is 17.0 Å². The molecule has 0 atom stereocenters. The van der Waals surface area contributed by atoms with Crippen molar-refractivity contribution in [3.63, 3.8) is 0 Å². The molecule has 1 amide bonds. The lowest BCUT2D eigenvalue weighted by Crippen LogP contribution is -2.12. The van der Waals surface area contributed by atoms with E-state index in [2.05, 4.69) is 32.5 Å². The van der Waals surface area contributed by atoms with Crippen molar-refractivity contribution in [3.8, 4) is 0 Å². The summed E-state index contributed by atoms with van der Waals surface area (Å²) >= 11 is 0. The molecule has 0 aromatic heterocycles. The van der Waals surface area contributed by atoms with Gasteiger partial charge in [-0.2, -0.15) is 0 Å². The molecule has 0 heterocycles. The molecule has 0 saturated heterocycles. The van der Waals surface area contributed by atoms with E-state index in [1.54, 1.807) is 0 Å². The summed E-state index contributed by atoms with van der Waals surface area (Å²) in [6.07, 6.45) is 16.0. The molecule has 0 aliphatic rings. The third kappa shape index (κ3) is 26.5. The number of halogens is 1. The Hall–Kier alpha value is -0.350. The van der Waals surface area contributed by atoms with Crippen molar-refractivity contribution in [2.45, 2.75) is 90.9 Å². The lowest BCUT2D eigenvalue weighted by atomic mass is 10.1. The van der Waals surface area contributed by atoms with Crippen LogP contribution in [0.3, 0.4) is 0 Å². The topological polar surface area (TPSA) is 46.3 Å². The maximum Gasteiger partial charge on any atom is 0.244 e. The summed E-state index contributed by atoms with van der Waals surface area (Å²) in [7, 11) is 4.32. The SMILES string of the molecule is Br.C=C(CCC)C(N)=O.CCCCCCCCCCCCN(C)C. The molecular weight excluding hydrogens is 364 g/mol. The molecule has 2 N–H and O–H groups in total. The highest BCUT2D eigenvalue weighted by Gasteiger charge is 1.96. The van der Waals surface area contributed by atoms with E-state index in [4.69, 9.17) is 5.73 Å². The number of hydrogen-bond acceptors (Lipinski definition) is 2. The smallest absolute Gasteiger partial charge is 0.244 e. The summed E-state index contributed by atoms with van der Waals surface area (Å²) in [5.74, 6) is -0.383. The van der Waals surface area contributed by atoms with Crippen molar-refractivity contribution >= 4 is 22.9 Å². The molecule has 0 aromatic carbocycles. The van der Waals surface area contributed by atoms with E-state index in [1.807, 2.05) is 6.92 Å². The highest BCUT2D eigenvalue weighted by Crippen LogP contribution is 2.10. The first kappa shape index (κ1) is 28.5. The van der Waals surface area contributed by atoms with Gasteiger partial charge in [-0.1, -0.05) is 84.6 Å². The van der Waals surface area contributed by atoms with Crippen LogP contribution in [-0.4, -0.2) is 31.4 Å². The van der Waals surface area contributed by atoms with Gasteiger partial charge in [-0.3, -0.25) is 4.79 Å². The fourth-order valence-electron chi connectivity index (χ4n) is 2.34. The number of nitrogens with two attached hydrogens (primary N) is 1. The molecule has 0 rings (SSSR count). The Kier molecular flexibility index (Phi) is 26.9. The van der Waals surface area contributed by atoms with E-state index >= 15 is 0 Å². The van der Waals surface area contributed by atoms with Crippen LogP contribution in [0.15, 0.2) is 12.2 Å². The molecule has 3 nitrogen and oxygen atoms in total. The number of carbonyl (C=O) groups is 1. The van der Waals surface area contributed by atoms with Crippen LogP contribution in [0.2, 0.25) is 0 Å². The second kappa shape index (κ2) is 22.6. The first-order chi connectivity index (χ1) is 11.0. The highest BCUT2D eigenvalue weighted by molar-refractivity contribution is 8.93. The van der Waals surface area contributed by atoms with Gasteiger partial charge in [0, 0.05) is 5.57 Å². The largest absolute Gasteiger partial charge is 0.366 e. The van der Waals surface area contributed by atoms with Crippen molar-refractivity contribution in [1.82, 2.24) is 4.90 Å². The molecule has 146 valence electrons. The molecular formula is C20H43BrN2O. The average Bonchev–Trinajstić information content (AvgIpc) is 2.49. The minimum Gasteiger partial charge on any atom is -0.366 e. The average molecular weight is 407 g/mol. The fourth-order valence-corrected chi connectivity index (χ4v) is 2.34. The Balaban J connectivity index is -0.000000419. The van der Waals surface area contributed by atoms with Gasteiger partial charge in [-0.25, -0.2) is 0 Å². The second-order valence-corrected chi connectivity index (χ2v) is 6.70. The molecule has 0 aliphatic heterocycles. The van der Waals surface area contributed by atoms with Crippen LogP contribution >= 0.6 is 17.0 Å². The number of unbranched alkanes of at least 4 members (excludes halogenated alkanes) is 9. The van der Waals surface area contributed by atoms with Crippen LogP contribution in [0.5, 0.6) is 0 Å². The summed E-state index contributed by atoms with van der Waals surface area (Å²) in [6.45, 7) is 8.99. The van der Waals surface area contributed by atoms with Gasteiger partial charge < -0.3 is 10.6 Å². The first-order valence-corrected chi connectivity index (χ1v) is 9.57. The molecule has 0 fully saturated rings.